The van der Waals surface area contributed by atoms with E-state index in [1.54, 1.807) is 37.4 Å². The van der Waals surface area contributed by atoms with Crippen LogP contribution in [0.15, 0.2) is 70.5 Å². The van der Waals surface area contributed by atoms with Gasteiger partial charge in [-0.1, -0.05) is 12.1 Å². The maximum Gasteiger partial charge on any atom is 0.259 e. The zero-order valence-electron chi connectivity index (χ0n) is 19.5. The summed E-state index contributed by atoms with van der Waals surface area (Å²) >= 11 is 0. The molecule has 0 unspecified atom stereocenters. The molecule has 2 N–H and O–H groups in total. The number of anilines is 3. The van der Waals surface area contributed by atoms with Gasteiger partial charge < -0.3 is 19.9 Å². The number of rotatable bonds is 5. The van der Waals surface area contributed by atoms with Gasteiger partial charge in [0, 0.05) is 42.5 Å². The highest BCUT2D eigenvalue weighted by molar-refractivity contribution is 7.90. The Morgan fingerprint density at radius 1 is 1.03 bits per heavy atom. The number of morpholine rings is 1. The Morgan fingerprint density at radius 2 is 1.77 bits per heavy atom. The van der Waals surface area contributed by atoms with Crippen LogP contribution in [0.5, 0.6) is 0 Å². The number of benzene rings is 2. The van der Waals surface area contributed by atoms with Gasteiger partial charge in [-0.2, -0.15) is 0 Å². The third kappa shape index (κ3) is 4.78. The van der Waals surface area contributed by atoms with Crippen molar-refractivity contribution in [3.63, 3.8) is 0 Å². The number of hydrogen-bond donors (Lipinski definition) is 2. The first-order valence-electron chi connectivity index (χ1n) is 11.3. The Morgan fingerprint density at radius 3 is 2.49 bits per heavy atom. The van der Waals surface area contributed by atoms with Crippen LogP contribution in [-0.2, 0) is 14.6 Å². The Hall–Kier alpha value is -3.69. The van der Waals surface area contributed by atoms with E-state index in [1.165, 1.54) is 6.26 Å². The van der Waals surface area contributed by atoms with E-state index >= 15 is 0 Å². The molecule has 0 spiro atoms. The van der Waals surface area contributed by atoms with Gasteiger partial charge in [-0.15, -0.1) is 0 Å². The zero-order valence-corrected chi connectivity index (χ0v) is 20.4. The number of nitrogens with one attached hydrogen (secondary N) is 2. The van der Waals surface area contributed by atoms with Crippen molar-refractivity contribution in [2.24, 2.45) is 0 Å². The monoisotopic (exact) mass is 490 g/mol. The molecule has 0 atom stereocenters. The number of sulfone groups is 1. The molecular weight excluding hydrogens is 464 g/mol. The van der Waals surface area contributed by atoms with E-state index in [2.05, 4.69) is 15.2 Å². The molecule has 1 fully saturated rings. The minimum Gasteiger partial charge on any atom is -0.378 e. The molecule has 9 heteroatoms. The number of fused-ring (bicyclic) bond motifs is 1. The molecule has 0 aliphatic carbocycles. The second kappa shape index (κ2) is 9.16. The lowest BCUT2D eigenvalue weighted by molar-refractivity contribution is 0.122. The SMILES string of the molecule is Cc1ccc(-c2cc3cc[nH]c(=O)c3c(Nc3ccc(N4CCOCC4)cc3)n2)cc1S(C)(=O)=O. The molecule has 1 aliphatic rings. The molecule has 0 bridgehead atoms. The number of ether oxygens (including phenoxy) is 1. The van der Waals surface area contributed by atoms with Crippen molar-refractivity contribution >= 4 is 37.8 Å². The lowest BCUT2D eigenvalue weighted by Crippen LogP contribution is -2.36. The number of aryl methyl sites for hydroxylation is 1. The summed E-state index contributed by atoms with van der Waals surface area (Å²) in [6, 6.07) is 16.8. The van der Waals surface area contributed by atoms with Gasteiger partial charge in [-0.25, -0.2) is 13.4 Å². The van der Waals surface area contributed by atoms with Crippen molar-refractivity contribution in [2.45, 2.75) is 11.8 Å². The predicted octanol–water partition coefficient (Wildman–Crippen LogP) is 3.88. The van der Waals surface area contributed by atoms with E-state index in [4.69, 9.17) is 9.72 Å². The lowest BCUT2D eigenvalue weighted by Gasteiger charge is -2.28. The maximum absolute atomic E-state index is 12.7. The summed E-state index contributed by atoms with van der Waals surface area (Å²) in [7, 11) is -3.40. The molecule has 1 saturated heterocycles. The van der Waals surface area contributed by atoms with Crippen LogP contribution in [-0.4, -0.2) is 50.9 Å². The summed E-state index contributed by atoms with van der Waals surface area (Å²) in [6.07, 6.45) is 2.78. The van der Waals surface area contributed by atoms with Gasteiger partial charge in [0.1, 0.15) is 5.82 Å². The van der Waals surface area contributed by atoms with Crippen LogP contribution >= 0.6 is 0 Å². The Kier molecular flexibility index (Phi) is 6.04. The summed E-state index contributed by atoms with van der Waals surface area (Å²) in [4.78, 5) is 22.7. The highest BCUT2D eigenvalue weighted by atomic mass is 32.2. The van der Waals surface area contributed by atoms with Gasteiger partial charge in [0.05, 0.1) is 29.2 Å². The first-order chi connectivity index (χ1) is 16.8. The summed E-state index contributed by atoms with van der Waals surface area (Å²) < 4.78 is 29.9. The molecule has 5 rings (SSSR count). The van der Waals surface area contributed by atoms with E-state index in [0.29, 0.717) is 46.6 Å². The van der Waals surface area contributed by atoms with Crippen LogP contribution in [0.1, 0.15) is 5.56 Å². The van der Waals surface area contributed by atoms with E-state index in [-0.39, 0.29) is 10.5 Å². The van der Waals surface area contributed by atoms with Crippen LogP contribution in [0.4, 0.5) is 17.2 Å². The third-order valence-corrected chi connectivity index (χ3v) is 7.38. The smallest absolute Gasteiger partial charge is 0.259 e. The summed E-state index contributed by atoms with van der Waals surface area (Å²) in [6.45, 7) is 4.89. The first kappa shape index (κ1) is 23.1. The van der Waals surface area contributed by atoms with Gasteiger partial charge >= 0.3 is 0 Å². The quantitative estimate of drug-likeness (QED) is 0.437. The number of nitrogens with zero attached hydrogens (tertiary/aromatic N) is 2. The second-order valence-electron chi connectivity index (χ2n) is 8.65. The van der Waals surface area contributed by atoms with Gasteiger partial charge in [-0.05, 0) is 60.3 Å². The van der Waals surface area contributed by atoms with Crippen LogP contribution in [0.25, 0.3) is 22.0 Å². The number of aromatic amines is 1. The molecule has 0 amide bonds. The minimum absolute atomic E-state index is 0.255. The molecule has 0 radical (unpaired) electrons. The highest BCUT2D eigenvalue weighted by Crippen LogP contribution is 2.30. The molecular formula is C26H26N4O4S. The highest BCUT2D eigenvalue weighted by Gasteiger charge is 2.16. The van der Waals surface area contributed by atoms with E-state index in [9.17, 15) is 13.2 Å². The summed E-state index contributed by atoms with van der Waals surface area (Å²) in [5, 5.41) is 4.43. The Bertz CT molecular complexity index is 1560. The van der Waals surface area contributed by atoms with Gasteiger partial charge in [-0.3, -0.25) is 4.79 Å². The van der Waals surface area contributed by atoms with Crippen molar-refractivity contribution < 1.29 is 13.2 Å². The molecule has 35 heavy (non-hydrogen) atoms. The Balaban J connectivity index is 1.56. The largest absolute Gasteiger partial charge is 0.378 e. The van der Waals surface area contributed by atoms with Crippen molar-refractivity contribution in [2.75, 3.05) is 42.8 Å². The van der Waals surface area contributed by atoms with Gasteiger partial charge in [0.25, 0.3) is 5.56 Å². The van der Waals surface area contributed by atoms with Crippen molar-refractivity contribution in [1.29, 1.82) is 0 Å². The second-order valence-corrected chi connectivity index (χ2v) is 10.6. The molecule has 3 heterocycles. The van der Waals surface area contributed by atoms with Crippen molar-refractivity contribution in [3.8, 4) is 11.3 Å². The molecule has 4 aromatic rings. The fourth-order valence-electron chi connectivity index (χ4n) is 4.33. The number of H-pyrrole nitrogens is 1. The molecule has 180 valence electrons. The average molecular weight is 491 g/mol. The zero-order chi connectivity index (χ0) is 24.6. The fraction of sp³-hybridized carbons (Fsp3) is 0.231. The number of aromatic nitrogens is 2. The van der Waals surface area contributed by atoms with Gasteiger partial charge in [0.15, 0.2) is 9.84 Å². The maximum atomic E-state index is 12.7. The number of hydrogen-bond acceptors (Lipinski definition) is 7. The van der Waals surface area contributed by atoms with Crippen LogP contribution < -0.4 is 15.8 Å². The molecule has 0 saturated carbocycles. The Labute approximate surface area is 203 Å². The summed E-state index contributed by atoms with van der Waals surface area (Å²) in [5.41, 5.74) is 3.54. The predicted molar refractivity (Wildman–Crippen MR) is 138 cm³/mol. The average Bonchev–Trinajstić information content (AvgIpc) is 2.84. The standard InChI is InChI=1S/C26H26N4O4S/c1-17-3-4-18(16-23(17)35(2,32)33)22-15-19-9-10-27-26(31)24(19)25(29-22)28-20-5-7-21(8-6-20)30-11-13-34-14-12-30/h3-10,15-16H,11-14H2,1-2H3,(H,27,31)(H,28,29). The minimum atomic E-state index is -3.40. The van der Waals surface area contributed by atoms with E-state index in [1.807, 2.05) is 30.3 Å². The third-order valence-electron chi connectivity index (χ3n) is 6.14. The lowest BCUT2D eigenvalue weighted by atomic mass is 10.1. The van der Waals surface area contributed by atoms with Crippen LogP contribution in [0.3, 0.4) is 0 Å². The van der Waals surface area contributed by atoms with Crippen LogP contribution in [0.2, 0.25) is 0 Å². The molecule has 2 aromatic heterocycles. The molecule has 2 aromatic carbocycles. The van der Waals surface area contributed by atoms with E-state index in [0.717, 1.165) is 24.5 Å². The molecule has 8 nitrogen and oxygen atoms in total. The van der Waals surface area contributed by atoms with Crippen molar-refractivity contribution in [1.82, 2.24) is 9.97 Å². The normalized spacial score (nSPS) is 14.3. The first-order valence-corrected chi connectivity index (χ1v) is 13.2. The molecule has 1 aliphatic heterocycles. The van der Waals surface area contributed by atoms with Crippen molar-refractivity contribution in [3.05, 3.63) is 76.7 Å². The fourth-order valence-corrected chi connectivity index (χ4v) is 5.32. The van der Waals surface area contributed by atoms with Gasteiger partial charge in [0.2, 0.25) is 0 Å². The topological polar surface area (TPSA) is 104 Å². The number of pyridine rings is 2. The van der Waals surface area contributed by atoms with Crippen LogP contribution in [0, 0.1) is 6.92 Å². The summed E-state index contributed by atoms with van der Waals surface area (Å²) in [5.74, 6) is 0.403. The van der Waals surface area contributed by atoms with E-state index < -0.39 is 9.84 Å².